The molecule has 128 valence electrons. The molecule has 1 atom stereocenters. The highest BCUT2D eigenvalue weighted by Crippen LogP contribution is 2.31. The maximum absolute atomic E-state index is 13.2. The zero-order valence-corrected chi connectivity index (χ0v) is 12.7. The first-order chi connectivity index (χ1) is 11.2. The summed E-state index contributed by atoms with van der Waals surface area (Å²) in [4.78, 5) is 11.8. The van der Waals surface area contributed by atoms with E-state index in [-0.39, 0.29) is 22.6 Å². The first-order valence-electron chi connectivity index (χ1n) is 6.52. The van der Waals surface area contributed by atoms with E-state index in [4.69, 9.17) is 0 Å². The molecule has 9 heteroatoms. The van der Waals surface area contributed by atoms with Crippen LogP contribution in [0, 0.1) is 5.82 Å². The molecule has 0 heterocycles. The Labute approximate surface area is 136 Å². The van der Waals surface area contributed by atoms with Gasteiger partial charge in [-0.25, -0.2) is 4.39 Å². The SMILES string of the molecule is O=C(NCc1ccc(F)c(C(F)(F)F)c1)c1ccccc1S(=O)[O-]. The van der Waals surface area contributed by atoms with Crippen LogP contribution in [0.5, 0.6) is 0 Å². The average Bonchev–Trinajstić information content (AvgIpc) is 2.52. The van der Waals surface area contributed by atoms with Gasteiger partial charge in [0.25, 0.3) is 5.91 Å². The van der Waals surface area contributed by atoms with Gasteiger partial charge >= 0.3 is 6.18 Å². The smallest absolute Gasteiger partial charge is 0.419 e. The molecule has 0 fully saturated rings. The number of hydrogen-bond acceptors (Lipinski definition) is 3. The Morgan fingerprint density at radius 3 is 2.46 bits per heavy atom. The van der Waals surface area contributed by atoms with E-state index in [1.165, 1.54) is 24.3 Å². The van der Waals surface area contributed by atoms with E-state index in [0.29, 0.717) is 12.1 Å². The van der Waals surface area contributed by atoms with E-state index in [0.717, 1.165) is 6.07 Å². The molecule has 0 aromatic heterocycles. The van der Waals surface area contributed by atoms with E-state index in [1.807, 2.05) is 0 Å². The number of carbonyl (C=O) groups excluding carboxylic acids is 1. The lowest BCUT2D eigenvalue weighted by Crippen LogP contribution is -2.24. The van der Waals surface area contributed by atoms with E-state index >= 15 is 0 Å². The molecule has 2 aromatic rings. The van der Waals surface area contributed by atoms with Crippen LogP contribution in [-0.4, -0.2) is 14.7 Å². The van der Waals surface area contributed by atoms with Crippen LogP contribution in [0.1, 0.15) is 21.5 Å². The van der Waals surface area contributed by atoms with Crippen molar-refractivity contribution < 1.29 is 31.1 Å². The van der Waals surface area contributed by atoms with E-state index in [1.54, 1.807) is 0 Å². The lowest BCUT2D eigenvalue weighted by atomic mass is 10.1. The lowest BCUT2D eigenvalue weighted by Gasteiger charge is -2.13. The Morgan fingerprint density at radius 1 is 1.17 bits per heavy atom. The van der Waals surface area contributed by atoms with Gasteiger partial charge in [0.1, 0.15) is 5.82 Å². The number of alkyl halides is 3. The van der Waals surface area contributed by atoms with Crippen molar-refractivity contribution in [3.8, 4) is 0 Å². The second-order valence-electron chi connectivity index (χ2n) is 4.73. The maximum atomic E-state index is 13.2. The number of halogens is 4. The van der Waals surface area contributed by atoms with Gasteiger partial charge in [-0.05, 0) is 40.9 Å². The molecule has 1 unspecified atom stereocenters. The number of nitrogens with one attached hydrogen (secondary N) is 1. The highest BCUT2D eigenvalue weighted by Gasteiger charge is 2.34. The average molecular weight is 360 g/mol. The fourth-order valence-electron chi connectivity index (χ4n) is 1.98. The normalized spacial score (nSPS) is 12.7. The molecule has 4 nitrogen and oxygen atoms in total. The molecule has 2 aromatic carbocycles. The van der Waals surface area contributed by atoms with Crippen molar-refractivity contribution >= 4 is 17.0 Å². The van der Waals surface area contributed by atoms with Gasteiger partial charge < -0.3 is 9.87 Å². The fourth-order valence-corrected chi connectivity index (χ4v) is 2.51. The Kier molecular flexibility index (Phi) is 5.35. The summed E-state index contributed by atoms with van der Waals surface area (Å²) in [5, 5.41) is 2.31. The van der Waals surface area contributed by atoms with Crippen LogP contribution < -0.4 is 5.32 Å². The predicted octanol–water partition coefficient (Wildman–Crippen LogP) is 3.01. The quantitative estimate of drug-likeness (QED) is 0.673. The summed E-state index contributed by atoms with van der Waals surface area (Å²) < 4.78 is 73.2. The molecule has 0 spiro atoms. The maximum Gasteiger partial charge on any atom is 0.419 e. The minimum absolute atomic E-state index is 0.0257. The summed E-state index contributed by atoms with van der Waals surface area (Å²) in [6.45, 7) is -0.317. The van der Waals surface area contributed by atoms with Crippen molar-refractivity contribution in [3.63, 3.8) is 0 Å². The van der Waals surface area contributed by atoms with Crippen LogP contribution in [0.25, 0.3) is 0 Å². The molecule has 0 radical (unpaired) electrons. The van der Waals surface area contributed by atoms with Crippen LogP contribution in [0.3, 0.4) is 0 Å². The standard InChI is InChI=1S/C15H11F4NO3S/c16-12-6-5-9(7-11(12)15(17,18)19)8-20-14(21)10-3-1-2-4-13(10)24(22)23/h1-7H,8H2,(H,20,21)(H,22,23)/p-1. The fraction of sp³-hybridized carbons (Fsp3) is 0.133. The Balaban J connectivity index is 2.17. The number of rotatable bonds is 4. The first-order valence-corrected chi connectivity index (χ1v) is 7.59. The van der Waals surface area contributed by atoms with E-state index in [2.05, 4.69) is 5.32 Å². The van der Waals surface area contributed by atoms with Crippen LogP contribution in [0.2, 0.25) is 0 Å². The third-order valence-electron chi connectivity index (χ3n) is 3.10. The molecule has 24 heavy (non-hydrogen) atoms. The zero-order chi connectivity index (χ0) is 17.9. The topological polar surface area (TPSA) is 69.2 Å². The summed E-state index contributed by atoms with van der Waals surface area (Å²) in [6, 6.07) is 7.72. The minimum atomic E-state index is -4.85. The lowest BCUT2D eigenvalue weighted by molar-refractivity contribution is -0.140. The van der Waals surface area contributed by atoms with Gasteiger partial charge in [0, 0.05) is 11.4 Å². The molecule has 0 aliphatic rings. The summed E-state index contributed by atoms with van der Waals surface area (Å²) >= 11 is -2.64. The van der Waals surface area contributed by atoms with Gasteiger partial charge in [-0.2, -0.15) is 13.2 Å². The molecule has 0 bridgehead atoms. The van der Waals surface area contributed by atoms with Gasteiger partial charge in [-0.15, -0.1) is 0 Å². The second-order valence-corrected chi connectivity index (χ2v) is 5.63. The van der Waals surface area contributed by atoms with Crippen LogP contribution >= 0.6 is 0 Å². The number of amides is 1. The number of hydrogen-bond donors (Lipinski definition) is 1. The Hall–Kier alpha value is -2.26. The molecular formula is C15H10F4NO3S-. The highest BCUT2D eigenvalue weighted by atomic mass is 32.2. The summed E-state index contributed by atoms with van der Waals surface area (Å²) in [5.74, 6) is -2.18. The molecule has 0 saturated carbocycles. The highest BCUT2D eigenvalue weighted by molar-refractivity contribution is 7.79. The van der Waals surface area contributed by atoms with E-state index < -0.39 is 34.5 Å². The molecule has 1 amide bonds. The third-order valence-corrected chi connectivity index (χ3v) is 3.82. The molecule has 0 saturated heterocycles. The van der Waals surface area contributed by atoms with E-state index in [9.17, 15) is 31.1 Å². The second kappa shape index (κ2) is 7.10. The largest absolute Gasteiger partial charge is 0.768 e. The molecule has 0 aliphatic heterocycles. The minimum Gasteiger partial charge on any atom is -0.768 e. The predicted molar refractivity (Wildman–Crippen MR) is 76.2 cm³/mol. The van der Waals surface area contributed by atoms with Crippen molar-refractivity contribution in [2.75, 3.05) is 0 Å². The number of benzene rings is 2. The van der Waals surface area contributed by atoms with Crippen molar-refractivity contribution in [1.82, 2.24) is 5.32 Å². The van der Waals surface area contributed by atoms with Crippen molar-refractivity contribution in [2.24, 2.45) is 0 Å². The van der Waals surface area contributed by atoms with Crippen molar-refractivity contribution in [1.29, 1.82) is 0 Å². The van der Waals surface area contributed by atoms with Crippen LogP contribution in [-0.2, 0) is 23.8 Å². The van der Waals surface area contributed by atoms with Gasteiger partial charge in [-0.3, -0.25) is 9.00 Å². The third kappa shape index (κ3) is 4.18. The zero-order valence-electron chi connectivity index (χ0n) is 11.9. The monoisotopic (exact) mass is 360 g/mol. The molecule has 1 N–H and O–H groups in total. The Bertz CT molecular complexity index is 793. The van der Waals surface area contributed by atoms with Gasteiger partial charge in [0.05, 0.1) is 11.1 Å². The molecule has 2 rings (SSSR count). The van der Waals surface area contributed by atoms with Gasteiger partial charge in [-0.1, -0.05) is 18.2 Å². The number of carbonyl (C=O) groups is 1. The van der Waals surface area contributed by atoms with Crippen LogP contribution in [0.15, 0.2) is 47.4 Å². The van der Waals surface area contributed by atoms with Gasteiger partial charge in [0.15, 0.2) is 0 Å². The molecular weight excluding hydrogens is 350 g/mol. The summed E-state index contributed by atoms with van der Waals surface area (Å²) in [6.07, 6.45) is -4.85. The van der Waals surface area contributed by atoms with Crippen molar-refractivity contribution in [2.45, 2.75) is 17.6 Å². The Morgan fingerprint density at radius 2 is 1.83 bits per heavy atom. The first kappa shape index (κ1) is 18.1. The van der Waals surface area contributed by atoms with Gasteiger partial charge in [0.2, 0.25) is 0 Å². The summed E-state index contributed by atoms with van der Waals surface area (Å²) in [5.41, 5.74) is -1.54. The summed E-state index contributed by atoms with van der Waals surface area (Å²) in [7, 11) is 0. The molecule has 0 aliphatic carbocycles. The van der Waals surface area contributed by atoms with Crippen molar-refractivity contribution in [3.05, 3.63) is 65.0 Å². The van der Waals surface area contributed by atoms with Crippen LogP contribution in [0.4, 0.5) is 17.6 Å².